The maximum atomic E-state index is 13.3. The van der Waals surface area contributed by atoms with Crippen LogP contribution in [0.3, 0.4) is 0 Å². The average molecular weight is 245 g/mol. The van der Waals surface area contributed by atoms with Gasteiger partial charge in [0.25, 0.3) is 0 Å². The van der Waals surface area contributed by atoms with Crippen molar-refractivity contribution in [2.75, 3.05) is 20.6 Å². The van der Waals surface area contributed by atoms with Gasteiger partial charge in [-0.3, -0.25) is 4.79 Å². The lowest BCUT2D eigenvalue weighted by Gasteiger charge is -2.11. The van der Waals surface area contributed by atoms with Crippen LogP contribution >= 0.6 is 11.6 Å². The van der Waals surface area contributed by atoms with Crippen molar-refractivity contribution in [1.82, 2.24) is 10.2 Å². The van der Waals surface area contributed by atoms with E-state index in [1.807, 2.05) is 0 Å². The molecule has 1 N–H and O–H groups in total. The molecule has 5 heteroatoms. The summed E-state index contributed by atoms with van der Waals surface area (Å²) in [7, 11) is 3.33. The van der Waals surface area contributed by atoms with E-state index in [9.17, 15) is 9.18 Å². The molecule has 0 spiro atoms. The molecule has 0 aliphatic heterocycles. The van der Waals surface area contributed by atoms with Crippen LogP contribution in [0, 0.1) is 5.82 Å². The maximum absolute atomic E-state index is 13.3. The first-order valence-corrected chi connectivity index (χ1v) is 5.24. The van der Waals surface area contributed by atoms with Crippen molar-refractivity contribution >= 4 is 17.5 Å². The zero-order valence-electron chi connectivity index (χ0n) is 9.26. The van der Waals surface area contributed by atoms with E-state index in [4.69, 9.17) is 11.6 Å². The summed E-state index contributed by atoms with van der Waals surface area (Å²) >= 11 is 5.83. The molecule has 0 bridgehead atoms. The number of hydrogen-bond donors (Lipinski definition) is 1. The van der Waals surface area contributed by atoms with Gasteiger partial charge in [-0.2, -0.15) is 0 Å². The first-order valence-electron chi connectivity index (χ1n) is 4.86. The summed E-state index contributed by atoms with van der Waals surface area (Å²) < 4.78 is 13.3. The number of carbonyl (C=O) groups is 1. The first kappa shape index (κ1) is 12.9. The number of halogens is 2. The van der Waals surface area contributed by atoms with Crippen LogP contribution in [0.25, 0.3) is 0 Å². The lowest BCUT2D eigenvalue weighted by atomic mass is 10.2. The molecule has 0 heterocycles. The molecule has 1 rings (SSSR count). The van der Waals surface area contributed by atoms with Gasteiger partial charge in [-0.25, -0.2) is 4.39 Å². The van der Waals surface area contributed by atoms with Gasteiger partial charge in [0.1, 0.15) is 5.82 Å². The molecule has 1 aromatic rings. The fourth-order valence-electron chi connectivity index (χ4n) is 1.15. The molecule has 0 aliphatic carbocycles. The molecule has 1 amide bonds. The van der Waals surface area contributed by atoms with Crippen molar-refractivity contribution in [3.8, 4) is 0 Å². The van der Waals surface area contributed by atoms with Crippen LogP contribution in [0.2, 0.25) is 5.02 Å². The Balaban J connectivity index is 2.52. The SMILES string of the molecule is CN(C)C(=O)CNCc1c(F)cccc1Cl. The van der Waals surface area contributed by atoms with Crippen LogP contribution in [-0.2, 0) is 11.3 Å². The Morgan fingerprint density at radius 3 is 2.75 bits per heavy atom. The van der Waals surface area contributed by atoms with E-state index in [0.717, 1.165) is 0 Å². The highest BCUT2D eigenvalue weighted by Crippen LogP contribution is 2.18. The predicted molar refractivity (Wildman–Crippen MR) is 61.8 cm³/mol. The standard InChI is InChI=1S/C11H14ClFN2O/c1-15(2)11(16)7-14-6-8-9(12)4-3-5-10(8)13/h3-5,14H,6-7H2,1-2H3. The molecular formula is C11H14ClFN2O. The Hall–Kier alpha value is -1.13. The number of carbonyl (C=O) groups excluding carboxylic acids is 1. The van der Waals surface area contributed by atoms with Gasteiger partial charge in [0, 0.05) is 31.2 Å². The third-order valence-electron chi connectivity index (χ3n) is 2.14. The summed E-state index contributed by atoms with van der Waals surface area (Å²) in [6.45, 7) is 0.406. The fraction of sp³-hybridized carbons (Fsp3) is 0.364. The molecule has 3 nitrogen and oxygen atoms in total. The van der Waals surface area contributed by atoms with Crippen LogP contribution in [0.5, 0.6) is 0 Å². The number of rotatable bonds is 4. The van der Waals surface area contributed by atoms with Gasteiger partial charge in [0.05, 0.1) is 6.54 Å². The number of likely N-dealkylation sites (N-methyl/N-ethyl adjacent to an activating group) is 1. The van der Waals surface area contributed by atoms with Crippen molar-refractivity contribution in [2.45, 2.75) is 6.54 Å². The molecule has 0 aromatic heterocycles. The third-order valence-corrected chi connectivity index (χ3v) is 2.49. The third kappa shape index (κ3) is 3.47. The van der Waals surface area contributed by atoms with E-state index >= 15 is 0 Å². The van der Waals surface area contributed by atoms with E-state index in [2.05, 4.69) is 5.32 Å². The molecule has 0 saturated carbocycles. The normalized spacial score (nSPS) is 10.2. The van der Waals surface area contributed by atoms with Crippen molar-refractivity contribution in [3.05, 3.63) is 34.6 Å². The Morgan fingerprint density at radius 1 is 1.50 bits per heavy atom. The smallest absolute Gasteiger partial charge is 0.236 e. The second-order valence-corrected chi connectivity index (χ2v) is 4.00. The highest BCUT2D eigenvalue weighted by atomic mass is 35.5. The minimum absolute atomic E-state index is 0.0625. The Bertz CT molecular complexity index is 362. The Kier molecular flexibility index (Phi) is 4.71. The van der Waals surface area contributed by atoms with Crippen LogP contribution < -0.4 is 5.32 Å². The first-order chi connectivity index (χ1) is 7.52. The minimum Gasteiger partial charge on any atom is -0.348 e. The van der Waals surface area contributed by atoms with Gasteiger partial charge in [0.2, 0.25) is 5.91 Å². The van der Waals surface area contributed by atoms with Crippen molar-refractivity contribution in [1.29, 1.82) is 0 Å². The zero-order chi connectivity index (χ0) is 12.1. The molecule has 16 heavy (non-hydrogen) atoms. The van der Waals surface area contributed by atoms with Gasteiger partial charge in [-0.1, -0.05) is 17.7 Å². The number of hydrogen-bond acceptors (Lipinski definition) is 2. The van der Waals surface area contributed by atoms with E-state index in [0.29, 0.717) is 10.6 Å². The summed E-state index contributed by atoms with van der Waals surface area (Å²) in [4.78, 5) is 12.7. The van der Waals surface area contributed by atoms with Gasteiger partial charge in [-0.15, -0.1) is 0 Å². The van der Waals surface area contributed by atoms with Crippen molar-refractivity contribution in [2.24, 2.45) is 0 Å². The van der Waals surface area contributed by atoms with Crippen LogP contribution in [0.15, 0.2) is 18.2 Å². The fourth-order valence-corrected chi connectivity index (χ4v) is 1.38. The van der Waals surface area contributed by atoms with E-state index < -0.39 is 0 Å². The molecule has 0 unspecified atom stereocenters. The van der Waals surface area contributed by atoms with Crippen molar-refractivity contribution < 1.29 is 9.18 Å². The summed E-state index contributed by atoms with van der Waals surface area (Å²) in [5.41, 5.74) is 0.385. The van der Waals surface area contributed by atoms with E-state index in [1.165, 1.54) is 11.0 Å². The van der Waals surface area contributed by atoms with E-state index in [-0.39, 0.29) is 24.8 Å². The molecule has 0 atom stereocenters. The quantitative estimate of drug-likeness (QED) is 0.874. The minimum atomic E-state index is -0.364. The second-order valence-electron chi connectivity index (χ2n) is 3.59. The van der Waals surface area contributed by atoms with Crippen molar-refractivity contribution in [3.63, 3.8) is 0 Å². The van der Waals surface area contributed by atoms with Gasteiger partial charge in [0.15, 0.2) is 0 Å². The zero-order valence-corrected chi connectivity index (χ0v) is 10.0. The number of nitrogens with one attached hydrogen (secondary N) is 1. The highest BCUT2D eigenvalue weighted by Gasteiger charge is 2.08. The maximum Gasteiger partial charge on any atom is 0.236 e. The molecule has 0 aliphatic rings. The highest BCUT2D eigenvalue weighted by molar-refractivity contribution is 6.31. The summed E-state index contributed by atoms with van der Waals surface area (Å²) in [6.07, 6.45) is 0. The van der Waals surface area contributed by atoms with E-state index in [1.54, 1.807) is 26.2 Å². The summed E-state index contributed by atoms with van der Waals surface area (Å²) in [5, 5.41) is 3.21. The predicted octanol–water partition coefficient (Wildman–Crippen LogP) is 1.66. The lowest BCUT2D eigenvalue weighted by Crippen LogP contribution is -2.32. The number of benzene rings is 1. The number of nitrogens with zero attached hydrogens (tertiary/aromatic N) is 1. The van der Waals surface area contributed by atoms with Gasteiger partial charge < -0.3 is 10.2 Å². The molecule has 0 fully saturated rings. The molecule has 0 radical (unpaired) electrons. The van der Waals surface area contributed by atoms with Crippen LogP contribution in [0.4, 0.5) is 4.39 Å². The largest absolute Gasteiger partial charge is 0.348 e. The second kappa shape index (κ2) is 5.82. The lowest BCUT2D eigenvalue weighted by molar-refractivity contribution is -0.127. The molecule has 0 saturated heterocycles. The van der Waals surface area contributed by atoms with Gasteiger partial charge >= 0.3 is 0 Å². The number of amides is 1. The molecular weight excluding hydrogens is 231 g/mol. The Morgan fingerprint density at radius 2 is 2.19 bits per heavy atom. The van der Waals surface area contributed by atoms with Crippen LogP contribution in [-0.4, -0.2) is 31.4 Å². The Labute approximate surface area is 99.2 Å². The molecule has 1 aromatic carbocycles. The average Bonchev–Trinajstić information content (AvgIpc) is 2.22. The molecule has 88 valence electrons. The van der Waals surface area contributed by atoms with Gasteiger partial charge in [-0.05, 0) is 12.1 Å². The monoisotopic (exact) mass is 244 g/mol. The van der Waals surface area contributed by atoms with Crippen LogP contribution in [0.1, 0.15) is 5.56 Å². The summed E-state index contributed by atoms with van der Waals surface area (Å²) in [6, 6.07) is 4.51. The summed E-state index contributed by atoms with van der Waals surface area (Å²) in [5.74, 6) is -0.426. The topological polar surface area (TPSA) is 32.3 Å².